The Morgan fingerprint density at radius 2 is 1.25 bits per heavy atom. The van der Waals surface area contributed by atoms with Gasteiger partial charge in [-0.1, -0.05) is 139 Å². The van der Waals surface area contributed by atoms with E-state index in [0.29, 0.717) is 0 Å². The molecule has 3 aliphatic rings. The second kappa shape index (κ2) is 12.4. The fourth-order valence-electron chi connectivity index (χ4n) is 12.3. The molecule has 0 amide bonds. The van der Waals surface area contributed by atoms with Gasteiger partial charge in [0.1, 0.15) is 22.3 Å². The molecule has 4 nitrogen and oxygen atoms in total. The van der Waals surface area contributed by atoms with Gasteiger partial charge in [0.25, 0.3) is 0 Å². The van der Waals surface area contributed by atoms with Crippen LogP contribution in [0, 0.1) is 0 Å². The predicted molar refractivity (Wildman–Crippen MR) is 274 cm³/mol. The molecule has 2 aliphatic heterocycles. The fraction of sp³-hybridized carbons (Fsp3) is 0.200. The Labute approximate surface area is 379 Å². The average molecular weight is 841 g/mol. The van der Waals surface area contributed by atoms with Crippen molar-refractivity contribution in [1.29, 1.82) is 0 Å². The first kappa shape index (κ1) is 37.4. The first-order chi connectivity index (χ1) is 31.4. The van der Waals surface area contributed by atoms with Crippen molar-refractivity contribution < 1.29 is 8.83 Å². The van der Waals surface area contributed by atoms with E-state index in [1.807, 2.05) is 0 Å². The summed E-state index contributed by atoms with van der Waals surface area (Å²) in [5, 5.41) is 7.12. The molecular formula is C60H49BN2O2. The molecule has 1 aliphatic carbocycles. The van der Waals surface area contributed by atoms with E-state index in [2.05, 4.69) is 203 Å². The first-order valence-corrected chi connectivity index (χ1v) is 23.4. The van der Waals surface area contributed by atoms with Crippen LogP contribution >= 0.6 is 0 Å². The van der Waals surface area contributed by atoms with Crippen LogP contribution in [0.2, 0.25) is 0 Å². The Morgan fingerprint density at radius 3 is 2.02 bits per heavy atom. The van der Waals surface area contributed by atoms with E-state index in [1.165, 1.54) is 82.7 Å². The second-order valence-corrected chi connectivity index (χ2v) is 21.5. The molecule has 3 aromatic heterocycles. The van der Waals surface area contributed by atoms with E-state index in [9.17, 15) is 0 Å². The number of nitrogens with zero attached hydrogens (tertiary/aromatic N) is 2. The highest BCUT2D eigenvalue weighted by atomic mass is 16.3. The van der Waals surface area contributed by atoms with Crippen LogP contribution in [0.15, 0.2) is 154 Å². The van der Waals surface area contributed by atoms with Crippen LogP contribution in [-0.2, 0) is 16.2 Å². The van der Waals surface area contributed by atoms with Crippen molar-refractivity contribution >= 4 is 94.8 Å². The van der Waals surface area contributed by atoms with Gasteiger partial charge in [-0.3, -0.25) is 0 Å². The van der Waals surface area contributed by atoms with Crippen molar-refractivity contribution in [2.75, 3.05) is 4.81 Å². The number of rotatable bonds is 2. The summed E-state index contributed by atoms with van der Waals surface area (Å²) in [6.45, 7) is 16.6. The monoisotopic (exact) mass is 840 g/mol. The van der Waals surface area contributed by atoms with Gasteiger partial charge in [0.15, 0.2) is 0 Å². The zero-order valence-electron chi connectivity index (χ0n) is 38.1. The summed E-state index contributed by atoms with van der Waals surface area (Å²) in [5.41, 5.74) is 21.2. The molecule has 14 rings (SSSR count). The molecule has 65 heavy (non-hydrogen) atoms. The normalized spacial score (nSPS) is 16.0. The molecule has 0 radical (unpaired) electrons. The Balaban J connectivity index is 1.23. The Hall–Kier alpha value is -6.98. The number of anilines is 2. The van der Waals surface area contributed by atoms with Gasteiger partial charge in [-0.15, -0.1) is 0 Å². The van der Waals surface area contributed by atoms with Gasteiger partial charge >= 0.3 is 6.85 Å². The summed E-state index contributed by atoms with van der Waals surface area (Å²) >= 11 is 0. The number of aromatic nitrogens is 1. The molecular weight excluding hydrogens is 791 g/mol. The average Bonchev–Trinajstić information content (AvgIpc) is 3.98. The summed E-state index contributed by atoms with van der Waals surface area (Å²) in [6, 6.07) is 54.5. The number of para-hydroxylation sites is 2. The standard InChI is InChI=1S/C60H49BN2O2/c1-58(2,3)36-24-25-46-41(29-36)52-53-39-21-12-14-23-50(39)65-57(53)54-42-30-43-44(60(6,7)27-26-59(43,4)5)32-47(42)63(37-19-15-18-35(28-37)34-16-9-8-10-17-34)61-45-31-40-38-20-11-13-22-49(38)64-51(40)33-48(45)62(46)56(52)55(54)61/h8-25,28-33H,26-27H2,1-7H3. The maximum atomic E-state index is 7.36. The zero-order valence-corrected chi connectivity index (χ0v) is 38.1. The number of hydrogen-bond donors (Lipinski definition) is 0. The molecule has 5 heterocycles. The number of benzene rings is 8. The summed E-state index contributed by atoms with van der Waals surface area (Å²) in [5.74, 6) is 0. The van der Waals surface area contributed by atoms with Crippen LogP contribution in [0.3, 0.4) is 0 Å². The van der Waals surface area contributed by atoms with E-state index in [4.69, 9.17) is 8.83 Å². The largest absolute Gasteiger partial charge is 0.456 e. The first-order valence-electron chi connectivity index (χ1n) is 23.4. The minimum atomic E-state index is -0.201. The number of furan rings is 2. The van der Waals surface area contributed by atoms with E-state index >= 15 is 0 Å². The molecule has 0 N–H and O–H groups in total. The Morgan fingerprint density at radius 1 is 0.554 bits per heavy atom. The lowest BCUT2D eigenvalue weighted by Gasteiger charge is -2.46. The topological polar surface area (TPSA) is 34.5 Å². The zero-order chi connectivity index (χ0) is 43.9. The quantitative estimate of drug-likeness (QED) is 0.163. The SMILES string of the molecule is CC(C)(C)c1ccc2c(c1)c1c3c(oc4ccccc43)c3c4c1n2-c1cc2oc5ccccc5c2cc1B4N(c1cccc(-c2ccccc2)c1)c1cc2c(cc1-3)C(C)(C)CCC2(C)C. The lowest BCUT2D eigenvalue weighted by Crippen LogP contribution is -2.60. The summed E-state index contributed by atoms with van der Waals surface area (Å²) in [4.78, 5) is 2.70. The van der Waals surface area contributed by atoms with Crippen LogP contribution in [-0.4, -0.2) is 11.4 Å². The molecule has 314 valence electrons. The molecule has 0 atom stereocenters. The Kier molecular flexibility index (Phi) is 7.15. The molecule has 11 aromatic rings. The fourth-order valence-corrected chi connectivity index (χ4v) is 12.3. The van der Waals surface area contributed by atoms with Crippen molar-refractivity contribution in [3.63, 3.8) is 0 Å². The summed E-state index contributed by atoms with van der Waals surface area (Å²) in [7, 11) is 0. The van der Waals surface area contributed by atoms with Crippen LogP contribution in [0.25, 0.3) is 93.6 Å². The highest BCUT2D eigenvalue weighted by Gasteiger charge is 2.48. The van der Waals surface area contributed by atoms with Crippen LogP contribution in [0.4, 0.5) is 11.4 Å². The van der Waals surface area contributed by atoms with Gasteiger partial charge in [-0.05, 0) is 116 Å². The molecule has 0 saturated carbocycles. The van der Waals surface area contributed by atoms with Crippen molar-refractivity contribution in [1.82, 2.24) is 4.57 Å². The third-order valence-corrected chi connectivity index (χ3v) is 15.8. The van der Waals surface area contributed by atoms with Crippen LogP contribution in [0.1, 0.15) is 78.0 Å². The van der Waals surface area contributed by atoms with Gasteiger partial charge in [0.2, 0.25) is 0 Å². The lowest BCUT2D eigenvalue weighted by molar-refractivity contribution is 0.332. The lowest BCUT2D eigenvalue weighted by atomic mass is 9.43. The molecule has 0 unspecified atom stereocenters. The van der Waals surface area contributed by atoms with Gasteiger partial charge < -0.3 is 18.2 Å². The predicted octanol–water partition coefficient (Wildman–Crippen LogP) is 15.1. The number of hydrogen-bond acceptors (Lipinski definition) is 3. The van der Waals surface area contributed by atoms with E-state index in [1.54, 1.807) is 0 Å². The molecule has 5 heteroatoms. The summed E-state index contributed by atoms with van der Waals surface area (Å²) in [6.07, 6.45) is 2.27. The van der Waals surface area contributed by atoms with Crippen molar-refractivity contribution in [3.8, 4) is 27.9 Å². The summed E-state index contributed by atoms with van der Waals surface area (Å²) < 4.78 is 16.7. The maximum Gasteiger partial charge on any atom is 0.333 e. The van der Waals surface area contributed by atoms with E-state index < -0.39 is 0 Å². The second-order valence-electron chi connectivity index (χ2n) is 21.5. The van der Waals surface area contributed by atoms with Crippen molar-refractivity contribution in [2.45, 2.75) is 77.6 Å². The molecule has 8 aromatic carbocycles. The molecule has 0 bridgehead atoms. The van der Waals surface area contributed by atoms with Gasteiger partial charge in [-0.25, -0.2) is 0 Å². The third-order valence-electron chi connectivity index (χ3n) is 15.8. The van der Waals surface area contributed by atoms with Gasteiger partial charge in [0, 0.05) is 66.6 Å². The van der Waals surface area contributed by atoms with Gasteiger partial charge in [0.05, 0.1) is 11.0 Å². The highest BCUT2D eigenvalue weighted by molar-refractivity contribution is 6.94. The van der Waals surface area contributed by atoms with E-state index in [-0.39, 0.29) is 23.1 Å². The van der Waals surface area contributed by atoms with Crippen molar-refractivity contribution in [3.05, 3.63) is 162 Å². The van der Waals surface area contributed by atoms with E-state index in [0.717, 1.165) is 62.7 Å². The Bertz CT molecular complexity index is 3890. The number of fused-ring (bicyclic) bond motifs is 17. The van der Waals surface area contributed by atoms with Gasteiger partial charge in [-0.2, -0.15) is 0 Å². The van der Waals surface area contributed by atoms with Crippen LogP contribution in [0.5, 0.6) is 0 Å². The van der Waals surface area contributed by atoms with Crippen molar-refractivity contribution in [2.24, 2.45) is 0 Å². The highest BCUT2D eigenvalue weighted by Crippen LogP contribution is 2.55. The maximum absolute atomic E-state index is 7.36. The molecule has 0 saturated heterocycles. The smallest absolute Gasteiger partial charge is 0.333 e. The minimum absolute atomic E-state index is 0.000114. The molecule has 0 spiro atoms. The third kappa shape index (κ3) is 4.94. The molecule has 0 fully saturated rings. The minimum Gasteiger partial charge on any atom is -0.456 e. The van der Waals surface area contributed by atoms with Crippen LogP contribution < -0.4 is 15.7 Å².